The van der Waals surface area contributed by atoms with Crippen LogP contribution in [0.1, 0.15) is 26.3 Å². The van der Waals surface area contributed by atoms with E-state index in [9.17, 15) is 30.4 Å². The van der Waals surface area contributed by atoms with Crippen molar-refractivity contribution < 1.29 is 49.1 Å². The lowest BCUT2D eigenvalue weighted by atomic mass is 10.1. The standard InChI is InChI=1S/C27H25F5O6S2/c1-18(26(28,29)40(33,34)35)37-20-8-7-11-23(16-20)39(21-9-5-4-6-10-21)22-14-12-19(13-15-22)25(3)36-17-24(2,38-25)27(30,31)32/h4-16,18H,17H2,1-3H3/p+1. The van der Waals surface area contributed by atoms with E-state index in [-0.39, 0.29) is 5.75 Å². The van der Waals surface area contributed by atoms with E-state index < -0.39 is 56.5 Å². The van der Waals surface area contributed by atoms with Crippen LogP contribution in [0.5, 0.6) is 5.75 Å². The van der Waals surface area contributed by atoms with E-state index in [1.54, 1.807) is 36.4 Å². The fraction of sp³-hybridized carbons (Fsp3) is 0.333. The van der Waals surface area contributed by atoms with E-state index in [0.717, 1.165) is 23.6 Å². The Morgan fingerprint density at radius 1 is 0.900 bits per heavy atom. The first-order chi connectivity index (χ1) is 18.5. The average Bonchev–Trinajstić information content (AvgIpc) is 3.22. The summed E-state index contributed by atoms with van der Waals surface area (Å²) in [5.74, 6) is -1.68. The van der Waals surface area contributed by atoms with Crippen molar-refractivity contribution in [3.05, 3.63) is 84.4 Å². The van der Waals surface area contributed by atoms with Crippen LogP contribution in [0.2, 0.25) is 0 Å². The molecule has 1 heterocycles. The van der Waals surface area contributed by atoms with Gasteiger partial charge < -0.3 is 14.2 Å². The molecule has 40 heavy (non-hydrogen) atoms. The lowest BCUT2D eigenvalue weighted by molar-refractivity contribution is -0.283. The predicted octanol–water partition coefficient (Wildman–Crippen LogP) is 6.57. The van der Waals surface area contributed by atoms with Crippen molar-refractivity contribution in [2.24, 2.45) is 0 Å². The lowest BCUT2D eigenvalue weighted by Gasteiger charge is -2.29. The zero-order chi connectivity index (χ0) is 29.6. The van der Waals surface area contributed by atoms with Crippen molar-refractivity contribution in [1.82, 2.24) is 0 Å². The molecule has 4 rings (SSSR count). The van der Waals surface area contributed by atoms with Gasteiger partial charge in [0.25, 0.3) is 0 Å². The highest BCUT2D eigenvalue weighted by atomic mass is 32.2. The molecule has 13 heteroatoms. The van der Waals surface area contributed by atoms with Gasteiger partial charge in [-0.25, -0.2) is 0 Å². The summed E-state index contributed by atoms with van der Waals surface area (Å²) < 4.78 is 116. The highest BCUT2D eigenvalue weighted by Crippen LogP contribution is 2.47. The van der Waals surface area contributed by atoms with E-state index in [1.807, 2.05) is 30.3 Å². The van der Waals surface area contributed by atoms with Gasteiger partial charge >= 0.3 is 21.5 Å². The van der Waals surface area contributed by atoms with Crippen LogP contribution in [0, 0.1) is 0 Å². The fourth-order valence-corrected chi connectivity index (χ4v) is 6.63. The van der Waals surface area contributed by atoms with Crippen molar-refractivity contribution >= 4 is 21.0 Å². The molecule has 3 aromatic carbocycles. The first kappa shape index (κ1) is 30.3. The maximum absolute atomic E-state index is 14.1. The minimum atomic E-state index is -5.71. The highest BCUT2D eigenvalue weighted by molar-refractivity contribution is 7.97. The summed E-state index contributed by atoms with van der Waals surface area (Å²) in [6.45, 7) is 2.51. The van der Waals surface area contributed by atoms with Crippen LogP contribution < -0.4 is 4.74 Å². The Kier molecular flexibility index (Phi) is 8.02. The van der Waals surface area contributed by atoms with Crippen molar-refractivity contribution in [2.45, 2.75) is 64.4 Å². The molecule has 1 saturated heterocycles. The molecule has 4 unspecified atom stereocenters. The monoisotopic (exact) mass is 605 g/mol. The van der Waals surface area contributed by atoms with E-state index in [4.69, 9.17) is 18.8 Å². The van der Waals surface area contributed by atoms with Gasteiger partial charge in [0.05, 0.1) is 17.5 Å². The Balaban J connectivity index is 1.67. The Hall–Kier alpha value is -2.71. The third-order valence-corrected chi connectivity index (χ3v) is 9.64. The van der Waals surface area contributed by atoms with Crippen LogP contribution >= 0.6 is 0 Å². The van der Waals surface area contributed by atoms with E-state index >= 15 is 0 Å². The Morgan fingerprint density at radius 2 is 1.48 bits per heavy atom. The third kappa shape index (κ3) is 5.84. The predicted molar refractivity (Wildman–Crippen MR) is 137 cm³/mol. The molecule has 0 aliphatic carbocycles. The molecule has 1 aliphatic heterocycles. The summed E-state index contributed by atoms with van der Waals surface area (Å²) in [7, 11) is -6.53. The number of rotatable bonds is 8. The van der Waals surface area contributed by atoms with Gasteiger partial charge in [-0.15, -0.1) is 0 Å². The van der Waals surface area contributed by atoms with Crippen LogP contribution in [0.3, 0.4) is 0 Å². The van der Waals surface area contributed by atoms with Crippen molar-refractivity contribution in [3.63, 3.8) is 0 Å². The average molecular weight is 606 g/mol. The van der Waals surface area contributed by atoms with E-state index in [2.05, 4.69) is 0 Å². The minimum Gasteiger partial charge on any atom is -0.483 e. The van der Waals surface area contributed by atoms with E-state index in [0.29, 0.717) is 10.5 Å². The van der Waals surface area contributed by atoms with Gasteiger partial charge in [-0.3, -0.25) is 4.55 Å². The molecule has 0 amide bonds. The Bertz CT molecular complexity index is 1450. The molecule has 4 atom stereocenters. The zero-order valence-corrected chi connectivity index (χ0v) is 23.1. The molecule has 1 fully saturated rings. The maximum Gasteiger partial charge on any atom is 0.419 e. The maximum atomic E-state index is 14.1. The number of benzene rings is 3. The van der Waals surface area contributed by atoms with Crippen LogP contribution in [-0.4, -0.2) is 42.7 Å². The molecule has 0 saturated carbocycles. The number of halogens is 5. The summed E-state index contributed by atoms with van der Waals surface area (Å²) >= 11 is 0. The van der Waals surface area contributed by atoms with Gasteiger partial charge in [-0.1, -0.05) is 24.3 Å². The largest absolute Gasteiger partial charge is 0.483 e. The molecule has 6 nitrogen and oxygen atoms in total. The Morgan fingerprint density at radius 3 is 2.02 bits per heavy atom. The lowest BCUT2D eigenvalue weighted by Crippen LogP contribution is -2.45. The molecule has 1 aliphatic rings. The molecule has 1 N–H and O–H groups in total. The summed E-state index contributed by atoms with van der Waals surface area (Å²) in [4.78, 5) is 2.21. The van der Waals surface area contributed by atoms with Crippen LogP contribution in [0.25, 0.3) is 0 Å². The van der Waals surface area contributed by atoms with Gasteiger partial charge in [0.15, 0.2) is 32.2 Å². The van der Waals surface area contributed by atoms with Gasteiger partial charge in [0, 0.05) is 11.6 Å². The molecule has 0 spiro atoms. The molecule has 0 bridgehead atoms. The van der Waals surface area contributed by atoms with Crippen molar-refractivity contribution in [3.8, 4) is 5.75 Å². The topological polar surface area (TPSA) is 82.1 Å². The Labute approximate surface area is 231 Å². The quantitative estimate of drug-likeness (QED) is 0.178. The fourth-order valence-electron chi connectivity index (χ4n) is 4.06. The summed E-state index contributed by atoms with van der Waals surface area (Å²) in [5.41, 5.74) is -2.09. The first-order valence-corrected chi connectivity index (χ1v) is 14.6. The van der Waals surface area contributed by atoms with Crippen LogP contribution in [0.4, 0.5) is 22.0 Å². The van der Waals surface area contributed by atoms with Crippen LogP contribution in [-0.2, 0) is 36.3 Å². The van der Waals surface area contributed by atoms with Gasteiger partial charge in [0.2, 0.25) is 0 Å². The molecular formula is C27H26F5O6S2+. The molecule has 3 aromatic rings. The smallest absolute Gasteiger partial charge is 0.419 e. The first-order valence-electron chi connectivity index (χ1n) is 11.9. The minimum absolute atomic E-state index is 0.0509. The third-order valence-electron chi connectivity index (χ3n) is 6.41. The molecule has 216 valence electrons. The van der Waals surface area contributed by atoms with Gasteiger partial charge in [0.1, 0.15) is 5.75 Å². The highest BCUT2D eigenvalue weighted by Gasteiger charge is 2.61. The zero-order valence-electron chi connectivity index (χ0n) is 21.5. The summed E-state index contributed by atoms with van der Waals surface area (Å²) in [6.07, 6.45) is -6.81. The number of hydrogen-bond donors (Lipinski definition) is 1. The number of alkyl halides is 5. The number of hydrogen-bond acceptors (Lipinski definition) is 5. The molecular weight excluding hydrogens is 579 g/mol. The second kappa shape index (κ2) is 10.6. The normalized spacial score (nSPS) is 23.5. The molecule has 0 radical (unpaired) electrons. The van der Waals surface area contributed by atoms with Gasteiger partial charge in [-0.2, -0.15) is 30.4 Å². The van der Waals surface area contributed by atoms with Gasteiger partial charge in [-0.05, 0) is 69.3 Å². The van der Waals surface area contributed by atoms with Crippen molar-refractivity contribution in [1.29, 1.82) is 0 Å². The van der Waals surface area contributed by atoms with E-state index in [1.165, 1.54) is 19.1 Å². The van der Waals surface area contributed by atoms with Crippen LogP contribution in [0.15, 0.2) is 93.5 Å². The summed E-state index contributed by atoms with van der Waals surface area (Å²) in [5, 5.41) is -4.54. The van der Waals surface area contributed by atoms with Crippen molar-refractivity contribution in [2.75, 3.05) is 6.61 Å². The number of ether oxygens (including phenoxy) is 3. The SMILES string of the molecule is CC(Oc1cccc([S+](c2ccccc2)c2ccc(C3(C)OCC(C)(C(F)(F)F)O3)cc2)c1)C(F)(F)S(=O)(=O)O. The second-order valence-electron chi connectivity index (χ2n) is 9.48. The molecule has 0 aromatic heterocycles. The summed E-state index contributed by atoms with van der Waals surface area (Å²) in [6, 6.07) is 22.0. The second-order valence-corrected chi connectivity index (χ2v) is 13.0.